The average molecular weight is 268 g/mol. The number of aliphatic carboxylic acids is 1. The lowest BCUT2D eigenvalue weighted by Crippen LogP contribution is -2.29. The van der Waals surface area contributed by atoms with Crippen LogP contribution in [-0.4, -0.2) is 24.7 Å². The summed E-state index contributed by atoms with van der Waals surface area (Å²) in [7, 11) is -3.29. The first-order valence-corrected chi connectivity index (χ1v) is 7.33. The molecule has 18 heavy (non-hydrogen) atoms. The minimum atomic E-state index is -3.29. The van der Waals surface area contributed by atoms with Crippen LogP contribution in [0.5, 0.6) is 0 Å². The summed E-state index contributed by atoms with van der Waals surface area (Å²) in [5.74, 6) is -0.951. The van der Waals surface area contributed by atoms with Crippen molar-refractivity contribution in [3.8, 4) is 0 Å². The number of sulfone groups is 1. The zero-order valence-electron chi connectivity index (χ0n) is 10.6. The highest BCUT2D eigenvalue weighted by Crippen LogP contribution is 2.38. The number of hydrogen-bond donors (Lipinski definition) is 1. The molecule has 1 aromatic rings. The topological polar surface area (TPSA) is 71.4 Å². The molecule has 1 unspecified atom stereocenters. The fourth-order valence-electron chi connectivity index (χ4n) is 2.36. The molecule has 0 radical (unpaired) electrons. The van der Waals surface area contributed by atoms with Gasteiger partial charge in [0.1, 0.15) is 0 Å². The van der Waals surface area contributed by atoms with Gasteiger partial charge in [-0.3, -0.25) is 4.79 Å². The molecule has 0 saturated heterocycles. The van der Waals surface area contributed by atoms with Crippen molar-refractivity contribution in [3.05, 3.63) is 29.3 Å². The van der Waals surface area contributed by atoms with Gasteiger partial charge in [-0.15, -0.1) is 0 Å². The van der Waals surface area contributed by atoms with E-state index in [1.54, 1.807) is 39.0 Å². The molecule has 5 heteroatoms. The predicted molar refractivity (Wildman–Crippen MR) is 67.5 cm³/mol. The van der Waals surface area contributed by atoms with Crippen LogP contribution in [0.1, 0.15) is 31.9 Å². The second kappa shape index (κ2) is 3.82. The maximum Gasteiger partial charge on any atom is 0.313 e. The number of carbonyl (C=O) groups is 1. The van der Waals surface area contributed by atoms with Crippen molar-refractivity contribution < 1.29 is 18.3 Å². The van der Waals surface area contributed by atoms with E-state index in [2.05, 4.69) is 0 Å². The lowest BCUT2D eigenvalue weighted by Gasteiger charge is -2.22. The number of rotatable bonds is 2. The highest BCUT2D eigenvalue weighted by atomic mass is 32.2. The Morgan fingerprint density at radius 1 is 1.39 bits per heavy atom. The second-order valence-electron chi connectivity index (χ2n) is 5.27. The molecule has 0 spiro atoms. The summed E-state index contributed by atoms with van der Waals surface area (Å²) in [6.07, 6.45) is 0.393. The number of fused-ring (bicyclic) bond motifs is 1. The van der Waals surface area contributed by atoms with Crippen LogP contribution in [0, 0.1) is 0 Å². The minimum Gasteiger partial charge on any atom is -0.481 e. The average Bonchev–Trinajstić information content (AvgIpc) is 2.50. The highest BCUT2D eigenvalue weighted by molar-refractivity contribution is 7.92. The van der Waals surface area contributed by atoms with E-state index in [0.717, 1.165) is 0 Å². The van der Waals surface area contributed by atoms with Gasteiger partial charge in [0.05, 0.1) is 15.6 Å². The van der Waals surface area contributed by atoms with Crippen LogP contribution in [0.2, 0.25) is 0 Å². The summed E-state index contributed by atoms with van der Waals surface area (Å²) < 4.78 is 24.2. The van der Waals surface area contributed by atoms with Crippen LogP contribution in [0.4, 0.5) is 0 Å². The molecule has 0 aromatic heterocycles. The van der Waals surface area contributed by atoms with Gasteiger partial charge in [-0.2, -0.15) is 0 Å². The van der Waals surface area contributed by atoms with Gasteiger partial charge in [0.15, 0.2) is 9.84 Å². The van der Waals surface area contributed by atoms with Crippen molar-refractivity contribution in [3.63, 3.8) is 0 Å². The molecule has 0 saturated carbocycles. The van der Waals surface area contributed by atoms with Gasteiger partial charge in [0, 0.05) is 0 Å². The van der Waals surface area contributed by atoms with Crippen molar-refractivity contribution in [1.29, 1.82) is 0 Å². The van der Waals surface area contributed by atoms with Crippen molar-refractivity contribution in [2.45, 2.75) is 42.8 Å². The van der Waals surface area contributed by atoms with Gasteiger partial charge in [-0.05, 0) is 44.4 Å². The van der Waals surface area contributed by atoms with Crippen LogP contribution >= 0.6 is 0 Å². The molecular weight excluding hydrogens is 252 g/mol. The van der Waals surface area contributed by atoms with E-state index in [1.807, 2.05) is 0 Å². The second-order valence-corrected chi connectivity index (χ2v) is 7.61. The van der Waals surface area contributed by atoms with Gasteiger partial charge in [-0.1, -0.05) is 12.1 Å². The third kappa shape index (κ3) is 1.65. The quantitative estimate of drug-likeness (QED) is 0.887. The summed E-state index contributed by atoms with van der Waals surface area (Å²) in [4.78, 5) is 11.6. The van der Waals surface area contributed by atoms with E-state index in [-0.39, 0.29) is 0 Å². The molecule has 1 aliphatic rings. The normalized spacial score (nSPS) is 21.6. The van der Waals surface area contributed by atoms with Crippen molar-refractivity contribution in [2.75, 3.05) is 0 Å². The van der Waals surface area contributed by atoms with E-state index in [0.29, 0.717) is 22.4 Å². The Kier molecular flexibility index (Phi) is 2.77. The third-order valence-corrected chi connectivity index (χ3v) is 5.89. The summed E-state index contributed by atoms with van der Waals surface area (Å²) in [6.45, 7) is 4.86. The van der Waals surface area contributed by atoms with Crippen LogP contribution in [-0.2, 0) is 26.5 Å². The number of benzene rings is 1. The van der Waals surface area contributed by atoms with E-state index in [4.69, 9.17) is 0 Å². The van der Waals surface area contributed by atoms with Gasteiger partial charge < -0.3 is 5.11 Å². The Hall–Kier alpha value is -1.36. The Labute approximate surface area is 107 Å². The fourth-order valence-corrected chi connectivity index (χ4v) is 3.98. The number of carboxylic acid groups (broad SMARTS) is 1. The molecule has 2 rings (SSSR count). The molecule has 4 nitrogen and oxygen atoms in total. The molecule has 0 aliphatic carbocycles. The van der Waals surface area contributed by atoms with Crippen LogP contribution in [0.15, 0.2) is 23.1 Å². The largest absolute Gasteiger partial charge is 0.481 e. The Bertz CT molecular complexity index is 614. The van der Waals surface area contributed by atoms with Crippen molar-refractivity contribution in [2.24, 2.45) is 0 Å². The zero-order valence-corrected chi connectivity index (χ0v) is 11.4. The summed E-state index contributed by atoms with van der Waals surface area (Å²) in [5, 5.41) is 8.80. The van der Waals surface area contributed by atoms with Crippen molar-refractivity contribution >= 4 is 15.8 Å². The molecule has 0 fully saturated rings. The first-order chi connectivity index (χ1) is 8.19. The monoisotopic (exact) mass is 268 g/mol. The highest BCUT2D eigenvalue weighted by Gasteiger charge is 2.40. The summed E-state index contributed by atoms with van der Waals surface area (Å²) in [6, 6.07) is 4.89. The number of hydrogen-bond acceptors (Lipinski definition) is 3. The molecule has 1 aromatic carbocycles. The lowest BCUT2D eigenvalue weighted by molar-refractivity contribution is -0.142. The van der Waals surface area contributed by atoms with E-state index in [1.165, 1.54) is 0 Å². The lowest BCUT2D eigenvalue weighted by atomic mass is 9.81. The molecule has 1 heterocycles. The Morgan fingerprint density at radius 3 is 2.56 bits per heavy atom. The third-order valence-electron chi connectivity index (χ3n) is 3.67. The van der Waals surface area contributed by atoms with Crippen LogP contribution in [0.25, 0.3) is 0 Å². The van der Waals surface area contributed by atoms with Gasteiger partial charge >= 0.3 is 5.97 Å². The smallest absolute Gasteiger partial charge is 0.313 e. The fraction of sp³-hybridized carbons (Fsp3) is 0.462. The van der Waals surface area contributed by atoms with Crippen molar-refractivity contribution in [1.82, 2.24) is 0 Å². The molecule has 1 atom stereocenters. The Balaban J connectivity index is 2.71. The van der Waals surface area contributed by atoms with Gasteiger partial charge in [0.25, 0.3) is 0 Å². The Morgan fingerprint density at radius 2 is 2.00 bits per heavy atom. The molecule has 1 N–H and O–H groups in total. The SMILES string of the molecule is CC1Cc2c(C(C)(C)C(=O)O)cccc2S1(=O)=O. The zero-order chi connectivity index (χ0) is 13.7. The van der Waals surface area contributed by atoms with Gasteiger partial charge in [0.2, 0.25) is 0 Å². The number of carboxylic acids is 1. The first kappa shape index (κ1) is 13.1. The van der Waals surface area contributed by atoms with Gasteiger partial charge in [-0.25, -0.2) is 8.42 Å². The maximum absolute atomic E-state index is 12.1. The van der Waals surface area contributed by atoms with E-state index >= 15 is 0 Å². The molecular formula is C13H16O4S. The maximum atomic E-state index is 12.1. The van der Waals surface area contributed by atoms with E-state index < -0.39 is 26.5 Å². The molecule has 0 amide bonds. The van der Waals surface area contributed by atoms with Crippen LogP contribution in [0.3, 0.4) is 0 Å². The van der Waals surface area contributed by atoms with E-state index in [9.17, 15) is 18.3 Å². The predicted octanol–water partition coefficient (Wildman–Crippen LogP) is 1.77. The molecule has 0 bridgehead atoms. The summed E-state index contributed by atoms with van der Waals surface area (Å²) >= 11 is 0. The van der Waals surface area contributed by atoms with Crippen LogP contribution < -0.4 is 0 Å². The minimum absolute atomic E-state index is 0.293. The summed E-state index contributed by atoms with van der Waals surface area (Å²) in [5.41, 5.74) is 0.183. The molecule has 1 aliphatic heterocycles. The first-order valence-electron chi connectivity index (χ1n) is 5.78. The molecule has 98 valence electrons. The standard InChI is InChI=1S/C13H16O4S/c1-8-7-9-10(13(2,3)12(14)15)5-4-6-11(9)18(8,16)17/h4-6,8H,7H2,1-3H3,(H,14,15).